The Morgan fingerprint density at radius 2 is 2.09 bits per heavy atom. The van der Waals surface area contributed by atoms with E-state index in [0.29, 0.717) is 5.54 Å². The third-order valence-electron chi connectivity index (χ3n) is 3.19. The van der Waals surface area contributed by atoms with E-state index in [-0.39, 0.29) is 0 Å². The maximum Gasteiger partial charge on any atom is 0.0197 e. The summed E-state index contributed by atoms with van der Waals surface area (Å²) in [4.78, 5) is 2.38. The zero-order valence-electron chi connectivity index (χ0n) is 7.56. The lowest BCUT2D eigenvalue weighted by Crippen LogP contribution is -2.47. The van der Waals surface area contributed by atoms with E-state index in [4.69, 9.17) is 0 Å². The van der Waals surface area contributed by atoms with Crippen LogP contribution >= 0.6 is 0 Å². The van der Waals surface area contributed by atoms with E-state index >= 15 is 0 Å². The molecule has 1 atom stereocenters. The summed E-state index contributed by atoms with van der Waals surface area (Å²) >= 11 is 0. The van der Waals surface area contributed by atoms with Gasteiger partial charge in [0.15, 0.2) is 0 Å². The van der Waals surface area contributed by atoms with Crippen LogP contribution in [0.5, 0.6) is 0 Å². The third-order valence-corrected chi connectivity index (χ3v) is 3.19. The Balaban J connectivity index is 1.93. The van der Waals surface area contributed by atoms with Gasteiger partial charge in [-0.05, 0) is 46.3 Å². The molecule has 1 N–H and O–H groups in total. The molecule has 64 valence electrons. The first kappa shape index (κ1) is 7.56. The molecule has 1 saturated carbocycles. The van der Waals surface area contributed by atoms with Crippen LogP contribution in [0, 0.1) is 0 Å². The molecule has 0 aromatic rings. The van der Waals surface area contributed by atoms with E-state index in [9.17, 15) is 0 Å². The van der Waals surface area contributed by atoms with Crippen molar-refractivity contribution < 1.29 is 0 Å². The minimum Gasteiger partial charge on any atom is -0.311 e. The van der Waals surface area contributed by atoms with E-state index < -0.39 is 0 Å². The topological polar surface area (TPSA) is 15.3 Å². The molecule has 11 heavy (non-hydrogen) atoms. The number of piperidine rings is 1. The molecule has 2 rings (SSSR count). The van der Waals surface area contributed by atoms with Crippen molar-refractivity contribution in [2.75, 3.05) is 20.6 Å². The predicted molar refractivity (Wildman–Crippen MR) is 46.7 cm³/mol. The van der Waals surface area contributed by atoms with Gasteiger partial charge in [0.05, 0.1) is 0 Å². The number of nitrogens with one attached hydrogen (secondary N) is 1. The quantitative estimate of drug-likeness (QED) is 0.602. The van der Waals surface area contributed by atoms with Gasteiger partial charge in [-0.25, -0.2) is 0 Å². The summed E-state index contributed by atoms with van der Waals surface area (Å²) in [6, 6.07) is 0.832. The summed E-state index contributed by atoms with van der Waals surface area (Å²) < 4.78 is 0. The first-order valence-corrected chi connectivity index (χ1v) is 4.63. The van der Waals surface area contributed by atoms with Crippen molar-refractivity contribution >= 4 is 0 Å². The van der Waals surface area contributed by atoms with E-state index in [2.05, 4.69) is 24.3 Å². The fourth-order valence-corrected chi connectivity index (χ4v) is 2.10. The highest BCUT2D eigenvalue weighted by molar-refractivity contribution is 5.06. The molecule has 1 aliphatic carbocycles. The Labute approximate surface area is 69.0 Å². The van der Waals surface area contributed by atoms with Crippen LogP contribution in [0.4, 0.5) is 0 Å². The van der Waals surface area contributed by atoms with E-state index in [1.165, 1.54) is 32.2 Å². The maximum absolute atomic E-state index is 3.63. The van der Waals surface area contributed by atoms with Crippen LogP contribution in [0.1, 0.15) is 25.7 Å². The third kappa shape index (κ3) is 1.42. The monoisotopic (exact) mass is 154 g/mol. The molecule has 1 unspecified atom stereocenters. The molecule has 1 aliphatic heterocycles. The van der Waals surface area contributed by atoms with Crippen molar-refractivity contribution in [1.29, 1.82) is 0 Å². The lowest BCUT2D eigenvalue weighted by molar-refractivity contribution is 0.198. The Hall–Kier alpha value is -0.0800. The smallest absolute Gasteiger partial charge is 0.0197 e. The predicted octanol–water partition coefficient (Wildman–Crippen LogP) is 0.833. The lowest BCUT2D eigenvalue weighted by atomic mass is 9.97. The van der Waals surface area contributed by atoms with Crippen LogP contribution in [-0.2, 0) is 0 Å². The SMILES string of the molecule is CN(C)C1CCNC2(CC2)C1. The molecule has 0 radical (unpaired) electrons. The van der Waals surface area contributed by atoms with Gasteiger partial charge in [0, 0.05) is 11.6 Å². The first-order chi connectivity index (χ1) is 5.22. The van der Waals surface area contributed by atoms with Crippen LogP contribution < -0.4 is 5.32 Å². The lowest BCUT2D eigenvalue weighted by Gasteiger charge is -2.34. The summed E-state index contributed by atoms with van der Waals surface area (Å²) in [5.41, 5.74) is 0.590. The van der Waals surface area contributed by atoms with Gasteiger partial charge in [0.1, 0.15) is 0 Å². The van der Waals surface area contributed by atoms with Gasteiger partial charge in [-0.2, -0.15) is 0 Å². The number of nitrogens with zero attached hydrogens (tertiary/aromatic N) is 1. The molecule has 0 aromatic heterocycles. The molecule has 1 heterocycles. The molecule has 1 spiro atoms. The maximum atomic E-state index is 3.63. The summed E-state index contributed by atoms with van der Waals surface area (Å²) in [7, 11) is 4.40. The minimum atomic E-state index is 0.590. The number of hydrogen-bond donors (Lipinski definition) is 1. The average molecular weight is 154 g/mol. The van der Waals surface area contributed by atoms with Gasteiger partial charge in [0.2, 0.25) is 0 Å². The Morgan fingerprint density at radius 1 is 1.36 bits per heavy atom. The summed E-state index contributed by atoms with van der Waals surface area (Å²) in [5.74, 6) is 0. The van der Waals surface area contributed by atoms with Crippen LogP contribution in [0.15, 0.2) is 0 Å². The van der Waals surface area contributed by atoms with E-state index in [0.717, 1.165) is 6.04 Å². The molecule has 2 heteroatoms. The van der Waals surface area contributed by atoms with E-state index in [1.807, 2.05) is 0 Å². The fourth-order valence-electron chi connectivity index (χ4n) is 2.10. The zero-order valence-corrected chi connectivity index (χ0v) is 7.56. The van der Waals surface area contributed by atoms with Crippen molar-refractivity contribution in [1.82, 2.24) is 10.2 Å². The highest BCUT2D eigenvalue weighted by Gasteiger charge is 2.46. The molecular formula is C9H18N2. The Morgan fingerprint density at radius 3 is 2.64 bits per heavy atom. The van der Waals surface area contributed by atoms with Crippen LogP contribution in [0.25, 0.3) is 0 Å². The zero-order chi connectivity index (χ0) is 7.90. The molecule has 2 aliphatic rings. The number of hydrogen-bond acceptors (Lipinski definition) is 2. The standard InChI is InChI=1S/C9H18N2/c1-11(2)8-3-6-10-9(7-8)4-5-9/h8,10H,3-7H2,1-2H3. The highest BCUT2D eigenvalue weighted by atomic mass is 15.1. The van der Waals surface area contributed by atoms with Crippen molar-refractivity contribution in [3.63, 3.8) is 0 Å². The van der Waals surface area contributed by atoms with Crippen LogP contribution in [0.2, 0.25) is 0 Å². The molecule has 2 nitrogen and oxygen atoms in total. The van der Waals surface area contributed by atoms with Crippen molar-refractivity contribution in [3.8, 4) is 0 Å². The second-order valence-electron chi connectivity index (χ2n) is 4.32. The summed E-state index contributed by atoms with van der Waals surface area (Å²) in [6.45, 7) is 1.23. The largest absolute Gasteiger partial charge is 0.311 e. The van der Waals surface area contributed by atoms with Crippen molar-refractivity contribution in [2.24, 2.45) is 0 Å². The van der Waals surface area contributed by atoms with Gasteiger partial charge >= 0.3 is 0 Å². The number of rotatable bonds is 1. The molecule has 2 fully saturated rings. The van der Waals surface area contributed by atoms with Gasteiger partial charge in [-0.15, -0.1) is 0 Å². The second kappa shape index (κ2) is 2.46. The van der Waals surface area contributed by atoms with E-state index in [1.54, 1.807) is 0 Å². The molecule has 1 saturated heterocycles. The fraction of sp³-hybridized carbons (Fsp3) is 1.00. The van der Waals surface area contributed by atoms with Crippen molar-refractivity contribution in [3.05, 3.63) is 0 Å². The molecule has 0 bridgehead atoms. The summed E-state index contributed by atoms with van der Waals surface area (Å²) in [5, 5.41) is 3.63. The Bertz CT molecular complexity index is 150. The molecule has 0 aromatic carbocycles. The van der Waals surface area contributed by atoms with Gasteiger partial charge in [0.25, 0.3) is 0 Å². The van der Waals surface area contributed by atoms with Gasteiger partial charge < -0.3 is 10.2 Å². The second-order valence-corrected chi connectivity index (χ2v) is 4.32. The molecule has 0 amide bonds. The minimum absolute atomic E-state index is 0.590. The van der Waals surface area contributed by atoms with Crippen LogP contribution in [-0.4, -0.2) is 37.1 Å². The normalized spacial score (nSPS) is 34.6. The molecular weight excluding hydrogens is 136 g/mol. The average Bonchev–Trinajstić information content (AvgIpc) is 2.69. The van der Waals surface area contributed by atoms with Crippen molar-refractivity contribution in [2.45, 2.75) is 37.3 Å². The Kier molecular flexibility index (Phi) is 1.69. The van der Waals surface area contributed by atoms with Crippen LogP contribution in [0.3, 0.4) is 0 Å². The first-order valence-electron chi connectivity index (χ1n) is 4.63. The van der Waals surface area contributed by atoms with Gasteiger partial charge in [-0.1, -0.05) is 0 Å². The summed E-state index contributed by atoms with van der Waals surface area (Å²) in [6.07, 6.45) is 5.53. The van der Waals surface area contributed by atoms with Gasteiger partial charge in [-0.3, -0.25) is 0 Å². The highest BCUT2D eigenvalue weighted by Crippen LogP contribution is 2.42.